The second kappa shape index (κ2) is 12.2. The van der Waals surface area contributed by atoms with Gasteiger partial charge in [-0.25, -0.2) is 0 Å². The van der Waals surface area contributed by atoms with Crippen molar-refractivity contribution >= 4 is 5.97 Å². The van der Waals surface area contributed by atoms with Crippen LogP contribution in [0.25, 0.3) is 22.4 Å². The highest BCUT2D eigenvalue weighted by Gasteiger charge is 2.34. The van der Waals surface area contributed by atoms with Gasteiger partial charge in [0.05, 0.1) is 17.9 Å². The molecule has 2 aromatic carbocycles. The number of pyridine rings is 1. The van der Waals surface area contributed by atoms with Gasteiger partial charge in [0.15, 0.2) is 0 Å². The van der Waals surface area contributed by atoms with E-state index < -0.39 is 17.7 Å². The molecule has 0 bridgehead atoms. The van der Waals surface area contributed by atoms with Crippen molar-refractivity contribution in [2.75, 3.05) is 27.2 Å². The first kappa shape index (κ1) is 26.9. The Kier molecular flexibility index (Phi) is 9.62. The molecule has 0 atom stereocenters. The summed E-state index contributed by atoms with van der Waals surface area (Å²) in [6.45, 7) is 4.02. The van der Waals surface area contributed by atoms with E-state index in [-0.39, 0.29) is 12.4 Å². The average Bonchev–Trinajstić information content (AvgIpc) is 2.76. The Balaban J connectivity index is 0.000000945. The molecule has 1 N–H and O–H groups in total. The van der Waals surface area contributed by atoms with Crippen molar-refractivity contribution in [2.24, 2.45) is 0 Å². The van der Waals surface area contributed by atoms with Gasteiger partial charge in [0.25, 0.3) is 5.97 Å². The molecular formula is C26H29F3N2O3. The number of carboxylic acid groups (broad SMARTS) is 1. The highest BCUT2D eigenvalue weighted by atomic mass is 19.4. The molecule has 182 valence electrons. The Bertz CT molecular complexity index is 1090. The van der Waals surface area contributed by atoms with Crippen LogP contribution >= 0.6 is 0 Å². The number of aromatic nitrogens is 1. The van der Waals surface area contributed by atoms with Gasteiger partial charge in [-0.15, -0.1) is 0 Å². The number of benzene rings is 2. The third-order valence-electron chi connectivity index (χ3n) is 4.81. The lowest BCUT2D eigenvalue weighted by Crippen LogP contribution is -2.16. The summed E-state index contributed by atoms with van der Waals surface area (Å²) in [5.41, 5.74) is 3.37. The van der Waals surface area contributed by atoms with E-state index in [9.17, 15) is 13.2 Å². The topological polar surface area (TPSA) is 62.7 Å². The molecule has 0 saturated carbocycles. The highest BCUT2D eigenvalue weighted by Crippen LogP contribution is 2.40. The van der Waals surface area contributed by atoms with Gasteiger partial charge in [-0.3, -0.25) is 9.78 Å². The van der Waals surface area contributed by atoms with Gasteiger partial charge in [0.1, 0.15) is 5.75 Å². The van der Waals surface area contributed by atoms with Gasteiger partial charge in [0, 0.05) is 30.8 Å². The quantitative estimate of drug-likeness (QED) is 0.415. The number of hydrogen-bond acceptors (Lipinski definition) is 4. The van der Waals surface area contributed by atoms with Gasteiger partial charge in [-0.05, 0) is 56.8 Å². The molecule has 0 aliphatic heterocycles. The van der Waals surface area contributed by atoms with Crippen LogP contribution in [0.5, 0.6) is 5.75 Å². The van der Waals surface area contributed by atoms with Gasteiger partial charge in [-0.1, -0.05) is 36.4 Å². The van der Waals surface area contributed by atoms with Crippen LogP contribution in [0, 0.1) is 6.92 Å². The highest BCUT2D eigenvalue weighted by molar-refractivity contribution is 5.82. The minimum absolute atomic E-state index is 0.167. The molecule has 0 fully saturated rings. The van der Waals surface area contributed by atoms with E-state index in [1.54, 1.807) is 6.20 Å². The van der Waals surface area contributed by atoms with Crippen molar-refractivity contribution in [2.45, 2.75) is 26.4 Å². The Labute approximate surface area is 197 Å². The minimum Gasteiger partial charge on any atom is -0.493 e. The standard InChI is InChI=1S/C24H25F3N2O.C2H4O2/c1-17-8-4-5-9-19(17)20-10-6-13-28-23(20)18-11-12-21(24(25,26)27)22(16-18)30-15-7-14-29(2)3;1-2(3)4/h4-6,8-13,16H,7,14-15H2,1-3H3;1H3,(H,3,4). The fraction of sp³-hybridized carbons (Fsp3) is 0.308. The Morgan fingerprint density at radius 1 is 1.06 bits per heavy atom. The zero-order chi connectivity index (χ0) is 25.3. The summed E-state index contributed by atoms with van der Waals surface area (Å²) >= 11 is 0. The molecule has 0 amide bonds. The number of halogens is 3. The van der Waals surface area contributed by atoms with Crippen molar-refractivity contribution in [3.63, 3.8) is 0 Å². The number of carbonyl (C=O) groups is 1. The normalized spacial score (nSPS) is 11.1. The Morgan fingerprint density at radius 2 is 1.71 bits per heavy atom. The summed E-state index contributed by atoms with van der Waals surface area (Å²) in [5, 5.41) is 7.42. The third-order valence-corrected chi connectivity index (χ3v) is 4.81. The van der Waals surface area contributed by atoms with Crippen molar-refractivity contribution in [1.29, 1.82) is 0 Å². The Morgan fingerprint density at radius 3 is 2.32 bits per heavy atom. The van der Waals surface area contributed by atoms with Gasteiger partial charge in [-0.2, -0.15) is 13.2 Å². The summed E-state index contributed by atoms with van der Waals surface area (Å²) < 4.78 is 46.1. The van der Waals surface area contributed by atoms with Crippen LogP contribution in [0.2, 0.25) is 0 Å². The summed E-state index contributed by atoms with van der Waals surface area (Å²) in [7, 11) is 3.83. The molecule has 0 saturated heterocycles. The number of nitrogens with zero attached hydrogens (tertiary/aromatic N) is 2. The second-order valence-corrected chi connectivity index (χ2v) is 7.95. The molecule has 1 heterocycles. The second-order valence-electron chi connectivity index (χ2n) is 7.95. The predicted octanol–water partition coefficient (Wildman–Crippen LogP) is 6.16. The SMILES string of the molecule is CC(=O)O.Cc1ccccc1-c1cccnc1-c1ccc(C(F)(F)F)c(OCCCN(C)C)c1. The van der Waals surface area contributed by atoms with Crippen molar-refractivity contribution < 1.29 is 27.8 Å². The van der Waals surface area contributed by atoms with Crippen LogP contribution < -0.4 is 4.74 Å². The summed E-state index contributed by atoms with van der Waals surface area (Å²) in [4.78, 5) is 15.4. The first-order chi connectivity index (χ1) is 16.0. The fourth-order valence-corrected chi connectivity index (χ4v) is 3.31. The molecule has 3 aromatic rings. The summed E-state index contributed by atoms with van der Waals surface area (Å²) in [5.74, 6) is -1.000. The van der Waals surface area contributed by atoms with Gasteiger partial charge >= 0.3 is 6.18 Å². The van der Waals surface area contributed by atoms with Crippen molar-refractivity contribution in [3.05, 3.63) is 71.9 Å². The predicted molar refractivity (Wildman–Crippen MR) is 127 cm³/mol. The van der Waals surface area contributed by atoms with E-state index in [0.29, 0.717) is 17.7 Å². The molecular weight excluding hydrogens is 445 g/mol. The van der Waals surface area contributed by atoms with Gasteiger partial charge in [0.2, 0.25) is 0 Å². The molecule has 1 aromatic heterocycles. The largest absolute Gasteiger partial charge is 0.493 e. The lowest BCUT2D eigenvalue weighted by Gasteiger charge is -2.17. The maximum Gasteiger partial charge on any atom is 0.419 e. The maximum atomic E-state index is 13.5. The zero-order valence-electron chi connectivity index (χ0n) is 19.7. The first-order valence-corrected chi connectivity index (χ1v) is 10.7. The van der Waals surface area contributed by atoms with Gasteiger partial charge < -0.3 is 14.7 Å². The molecule has 5 nitrogen and oxygen atoms in total. The number of carboxylic acids is 1. The fourth-order valence-electron chi connectivity index (χ4n) is 3.31. The maximum absolute atomic E-state index is 13.5. The van der Waals surface area contributed by atoms with Crippen LogP contribution in [-0.2, 0) is 11.0 Å². The molecule has 0 radical (unpaired) electrons. The van der Waals surface area contributed by atoms with Crippen molar-refractivity contribution in [1.82, 2.24) is 9.88 Å². The number of rotatable bonds is 7. The van der Waals surface area contributed by atoms with E-state index in [4.69, 9.17) is 14.6 Å². The summed E-state index contributed by atoms with van der Waals surface area (Å²) in [6, 6.07) is 15.6. The first-order valence-electron chi connectivity index (χ1n) is 10.7. The number of ether oxygens (including phenoxy) is 1. The number of hydrogen-bond donors (Lipinski definition) is 1. The average molecular weight is 475 g/mol. The van der Waals surface area contributed by atoms with Crippen molar-refractivity contribution in [3.8, 4) is 28.1 Å². The lowest BCUT2D eigenvalue weighted by atomic mass is 9.95. The van der Waals surface area contributed by atoms with Crippen LogP contribution in [-0.4, -0.2) is 48.2 Å². The smallest absolute Gasteiger partial charge is 0.419 e. The molecule has 8 heteroatoms. The Hall–Kier alpha value is -3.39. The van der Waals surface area contributed by atoms with E-state index >= 15 is 0 Å². The van der Waals surface area contributed by atoms with Crippen LogP contribution in [0.4, 0.5) is 13.2 Å². The molecule has 0 unspecified atom stereocenters. The number of aryl methyl sites for hydroxylation is 1. The van der Waals surface area contributed by atoms with Crippen LogP contribution in [0.15, 0.2) is 60.8 Å². The molecule has 0 aliphatic carbocycles. The third kappa shape index (κ3) is 7.88. The molecule has 3 rings (SSSR count). The van der Waals surface area contributed by atoms with Crippen LogP contribution in [0.3, 0.4) is 0 Å². The van der Waals surface area contributed by atoms with E-state index in [1.165, 1.54) is 12.1 Å². The summed E-state index contributed by atoms with van der Waals surface area (Å²) in [6.07, 6.45) is -2.21. The zero-order valence-corrected chi connectivity index (χ0v) is 19.7. The van der Waals surface area contributed by atoms with E-state index in [0.717, 1.165) is 36.2 Å². The number of alkyl halides is 3. The van der Waals surface area contributed by atoms with E-state index in [2.05, 4.69) is 4.98 Å². The van der Waals surface area contributed by atoms with Crippen LogP contribution in [0.1, 0.15) is 24.5 Å². The monoisotopic (exact) mass is 474 g/mol. The minimum atomic E-state index is -4.49. The van der Waals surface area contributed by atoms with E-state index in [1.807, 2.05) is 62.3 Å². The molecule has 34 heavy (non-hydrogen) atoms. The lowest BCUT2D eigenvalue weighted by molar-refractivity contribution is -0.139. The molecule has 0 aliphatic rings. The number of aliphatic carboxylic acids is 1. The molecule has 0 spiro atoms.